The molecule has 0 heterocycles. The number of hydrogen-bond acceptors (Lipinski definition) is 2. The number of carboxylic acids is 1. The zero-order valence-corrected chi connectivity index (χ0v) is 7.42. The third kappa shape index (κ3) is 5.75. The third-order valence-corrected chi connectivity index (χ3v) is 1.66. The fourth-order valence-corrected chi connectivity index (χ4v) is 0.904. The van der Waals surface area contributed by atoms with Crippen molar-refractivity contribution < 1.29 is 9.90 Å². The highest BCUT2D eigenvalue weighted by Crippen LogP contribution is 1.92. The smallest absolute Gasteiger partial charge is 0.304 e. The van der Waals surface area contributed by atoms with Crippen LogP contribution in [0, 0.1) is 12.3 Å². The van der Waals surface area contributed by atoms with Gasteiger partial charge in [0.15, 0.2) is 0 Å². The van der Waals surface area contributed by atoms with Crippen molar-refractivity contribution in [1.29, 1.82) is 0 Å². The fraction of sp³-hybridized carbons (Fsp3) is 0.667. The van der Waals surface area contributed by atoms with E-state index in [9.17, 15) is 4.79 Å². The predicted octanol–water partition coefficient (Wildman–Crippen LogP) is 0.806. The number of carbonyl (C=O) groups is 1. The quantitative estimate of drug-likeness (QED) is 0.598. The van der Waals surface area contributed by atoms with Crippen molar-refractivity contribution in [2.75, 3.05) is 19.6 Å². The van der Waals surface area contributed by atoms with Crippen molar-refractivity contribution >= 4 is 5.97 Å². The van der Waals surface area contributed by atoms with Crippen LogP contribution in [0.5, 0.6) is 0 Å². The molecule has 0 saturated heterocycles. The standard InChI is InChI=1S/C9H15NO2/c1-3-5-7-10(4-2)8-6-9(11)12/h1H,4-8H2,2H3,(H,11,12). The summed E-state index contributed by atoms with van der Waals surface area (Å²) >= 11 is 0. The molecule has 0 fully saturated rings. The van der Waals surface area contributed by atoms with Gasteiger partial charge in [0.2, 0.25) is 0 Å². The van der Waals surface area contributed by atoms with E-state index in [0.717, 1.165) is 13.1 Å². The number of nitrogens with zero attached hydrogens (tertiary/aromatic N) is 1. The summed E-state index contributed by atoms with van der Waals surface area (Å²) in [4.78, 5) is 12.3. The zero-order valence-electron chi connectivity index (χ0n) is 7.42. The molecule has 0 radical (unpaired) electrons. The SMILES string of the molecule is C#CCCN(CC)CCC(=O)O. The monoisotopic (exact) mass is 169 g/mol. The maximum Gasteiger partial charge on any atom is 0.304 e. The molecule has 0 amide bonds. The molecule has 0 rings (SSSR count). The van der Waals surface area contributed by atoms with E-state index in [0.29, 0.717) is 13.0 Å². The summed E-state index contributed by atoms with van der Waals surface area (Å²) in [7, 11) is 0. The van der Waals surface area contributed by atoms with E-state index < -0.39 is 5.97 Å². The van der Waals surface area contributed by atoms with Crippen LogP contribution in [0.1, 0.15) is 19.8 Å². The average molecular weight is 169 g/mol. The van der Waals surface area contributed by atoms with Gasteiger partial charge in [-0.3, -0.25) is 4.79 Å². The molecule has 68 valence electrons. The Morgan fingerprint density at radius 1 is 1.58 bits per heavy atom. The minimum atomic E-state index is -0.755. The van der Waals surface area contributed by atoms with Crippen LogP contribution < -0.4 is 0 Å². The fourth-order valence-electron chi connectivity index (χ4n) is 0.904. The average Bonchev–Trinajstić information content (AvgIpc) is 2.05. The van der Waals surface area contributed by atoms with Gasteiger partial charge in [-0.2, -0.15) is 0 Å². The Labute approximate surface area is 73.4 Å². The second-order valence-electron chi connectivity index (χ2n) is 2.53. The third-order valence-electron chi connectivity index (χ3n) is 1.66. The normalized spacial score (nSPS) is 9.75. The van der Waals surface area contributed by atoms with Crippen LogP contribution in [0.3, 0.4) is 0 Å². The van der Waals surface area contributed by atoms with Crippen LogP contribution in [-0.2, 0) is 4.79 Å². The van der Waals surface area contributed by atoms with Gasteiger partial charge in [-0.25, -0.2) is 0 Å². The lowest BCUT2D eigenvalue weighted by molar-refractivity contribution is -0.137. The van der Waals surface area contributed by atoms with Crippen LogP contribution in [0.2, 0.25) is 0 Å². The molecule has 0 bridgehead atoms. The summed E-state index contributed by atoms with van der Waals surface area (Å²) in [5.41, 5.74) is 0. The van der Waals surface area contributed by atoms with Gasteiger partial charge in [0.05, 0.1) is 6.42 Å². The molecule has 0 aliphatic heterocycles. The highest BCUT2D eigenvalue weighted by atomic mass is 16.4. The number of rotatable bonds is 6. The van der Waals surface area contributed by atoms with Crippen molar-refractivity contribution in [2.24, 2.45) is 0 Å². The zero-order chi connectivity index (χ0) is 9.40. The van der Waals surface area contributed by atoms with Crippen molar-refractivity contribution in [3.05, 3.63) is 0 Å². The van der Waals surface area contributed by atoms with Crippen molar-refractivity contribution in [3.8, 4) is 12.3 Å². The molecule has 0 saturated carbocycles. The van der Waals surface area contributed by atoms with Crippen LogP contribution in [0.15, 0.2) is 0 Å². The summed E-state index contributed by atoms with van der Waals surface area (Å²) in [5.74, 6) is 1.78. The summed E-state index contributed by atoms with van der Waals surface area (Å²) in [6.07, 6.45) is 5.98. The highest BCUT2D eigenvalue weighted by molar-refractivity contribution is 5.66. The maximum atomic E-state index is 10.2. The predicted molar refractivity (Wildman–Crippen MR) is 47.8 cm³/mol. The van der Waals surface area contributed by atoms with Gasteiger partial charge in [0.1, 0.15) is 0 Å². The first-order valence-electron chi connectivity index (χ1n) is 4.08. The van der Waals surface area contributed by atoms with Crippen molar-refractivity contribution in [2.45, 2.75) is 19.8 Å². The number of terminal acetylenes is 1. The lowest BCUT2D eigenvalue weighted by Crippen LogP contribution is -2.27. The van der Waals surface area contributed by atoms with E-state index in [4.69, 9.17) is 11.5 Å². The molecule has 0 aliphatic carbocycles. The Hall–Kier alpha value is -1.01. The van der Waals surface area contributed by atoms with Gasteiger partial charge in [0.25, 0.3) is 0 Å². The number of carboxylic acid groups (broad SMARTS) is 1. The minimum absolute atomic E-state index is 0.193. The first kappa shape index (κ1) is 11.0. The van der Waals surface area contributed by atoms with Crippen molar-refractivity contribution in [1.82, 2.24) is 4.90 Å². The highest BCUT2D eigenvalue weighted by Gasteiger charge is 2.03. The van der Waals surface area contributed by atoms with Crippen LogP contribution >= 0.6 is 0 Å². The first-order valence-corrected chi connectivity index (χ1v) is 4.08. The molecule has 3 heteroatoms. The van der Waals surface area contributed by atoms with E-state index in [1.165, 1.54) is 0 Å². The first-order chi connectivity index (χ1) is 5.70. The second kappa shape index (κ2) is 6.68. The molecule has 1 N–H and O–H groups in total. The largest absolute Gasteiger partial charge is 0.481 e. The van der Waals surface area contributed by atoms with E-state index in [1.807, 2.05) is 11.8 Å². The lowest BCUT2D eigenvalue weighted by atomic mass is 10.3. The second-order valence-corrected chi connectivity index (χ2v) is 2.53. The summed E-state index contributed by atoms with van der Waals surface area (Å²) < 4.78 is 0. The van der Waals surface area contributed by atoms with Gasteiger partial charge in [-0.1, -0.05) is 6.92 Å². The molecule has 0 atom stereocenters. The maximum absolute atomic E-state index is 10.2. The molecular formula is C9H15NO2. The van der Waals surface area contributed by atoms with E-state index in [-0.39, 0.29) is 6.42 Å². The van der Waals surface area contributed by atoms with Gasteiger partial charge in [-0.05, 0) is 6.54 Å². The molecule has 0 aromatic carbocycles. The Balaban J connectivity index is 3.54. The Kier molecular flexibility index (Phi) is 6.12. The number of aliphatic carboxylic acids is 1. The van der Waals surface area contributed by atoms with Gasteiger partial charge >= 0.3 is 5.97 Å². The Morgan fingerprint density at radius 2 is 2.25 bits per heavy atom. The lowest BCUT2D eigenvalue weighted by Gasteiger charge is -2.17. The molecule has 0 aromatic heterocycles. The summed E-state index contributed by atoms with van der Waals surface area (Å²) in [6, 6.07) is 0. The van der Waals surface area contributed by atoms with Gasteiger partial charge in [-0.15, -0.1) is 12.3 Å². The molecular weight excluding hydrogens is 154 g/mol. The topological polar surface area (TPSA) is 40.5 Å². The van der Waals surface area contributed by atoms with Gasteiger partial charge in [0, 0.05) is 19.5 Å². The molecule has 12 heavy (non-hydrogen) atoms. The Morgan fingerprint density at radius 3 is 2.67 bits per heavy atom. The summed E-state index contributed by atoms with van der Waals surface area (Å²) in [5, 5.41) is 8.42. The van der Waals surface area contributed by atoms with E-state index in [1.54, 1.807) is 0 Å². The number of hydrogen-bond donors (Lipinski definition) is 1. The van der Waals surface area contributed by atoms with Crippen LogP contribution in [0.25, 0.3) is 0 Å². The van der Waals surface area contributed by atoms with Crippen molar-refractivity contribution in [3.63, 3.8) is 0 Å². The van der Waals surface area contributed by atoms with Crippen LogP contribution in [-0.4, -0.2) is 35.6 Å². The van der Waals surface area contributed by atoms with E-state index in [2.05, 4.69) is 5.92 Å². The van der Waals surface area contributed by atoms with E-state index >= 15 is 0 Å². The van der Waals surface area contributed by atoms with Crippen LogP contribution in [0.4, 0.5) is 0 Å². The molecule has 3 nitrogen and oxygen atoms in total. The molecule has 0 aromatic rings. The molecule has 0 spiro atoms. The van der Waals surface area contributed by atoms with Gasteiger partial charge < -0.3 is 10.0 Å². The summed E-state index contributed by atoms with van der Waals surface area (Å²) in [6.45, 7) is 4.24. The molecule has 0 unspecified atom stereocenters. The molecule has 0 aliphatic rings. The Bertz CT molecular complexity index is 172. The minimum Gasteiger partial charge on any atom is -0.481 e.